The molecule has 3 nitrogen and oxygen atoms in total. The average molecular weight is 299 g/mol. The highest BCUT2D eigenvalue weighted by molar-refractivity contribution is 6.31. The molecule has 0 saturated carbocycles. The maximum atomic E-state index is 6.13. The first-order chi connectivity index (χ1) is 9.71. The lowest BCUT2D eigenvalue weighted by atomic mass is 10.0. The van der Waals surface area contributed by atoms with Gasteiger partial charge in [-0.15, -0.1) is 0 Å². The molecule has 0 aliphatic carbocycles. The van der Waals surface area contributed by atoms with Crippen LogP contribution in [0, 0.1) is 5.92 Å². The van der Waals surface area contributed by atoms with Crippen molar-refractivity contribution in [1.82, 2.24) is 10.3 Å². The van der Waals surface area contributed by atoms with Crippen molar-refractivity contribution in [2.24, 2.45) is 5.92 Å². The van der Waals surface area contributed by atoms with Gasteiger partial charge in [-0.25, -0.2) is 4.98 Å². The van der Waals surface area contributed by atoms with Gasteiger partial charge in [0.25, 0.3) is 0 Å². The molecule has 1 aromatic rings. The van der Waals surface area contributed by atoms with Gasteiger partial charge in [0.15, 0.2) is 0 Å². The summed E-state index contributed by atoms with van der Waals surface area (Å²) in [6, 6.07) is 1.94. The number of hydrogen-bond acceptors (Lipinski definition) is 3. The molecule has 114 valence electrons. The van der Waals surface area contributed by atoms with Gasteiger partial charge in [-0.05, 0) is 24.4 Å². The van der Waals surface area contributed by atoms with Crippen LogP contribution in [0.1, 0.15) is 52.0 Å². The first-order valence-electron chi connectivity index (χ1n) is 7.69. The highest BCUT2D eigenvalue weighted by Crippen LogP contribution is 2.21. The molecule has 0 spiro atoms. The third kappa shape index (κ3) is 6.10. The van der Waals surface area contributed by atoms with E-state index in [2.05, 4.69) is 31.1 Å². The summed E-state index contributed by atoms with van der Waals surface area (Å²) in [7, 11) is 0. The van der Waals surface area contributed by atoms with E-state index in [1.807, 2.05) is 6.07 Å². The number of pyridine rings is 1. The van der Waals surface area contributed by atoms with E-state index in [1.165, 1.54) is 19.3 Å². The molecule has 1 atom stereocenters. The summed E-state index contributed by atoms with van der Waals surface area (Å²) in [6.45, 7) is 8.93. The van der Waals surface area contributed by atoms with Gasteiger partial charge >= 0.3 is 0 Å². The van der Waals surface area contributed by atoms with Gasteiger partial charge in [0.05, 0.1) is 11.6 Å². The molecule has 0 bridgehead atoms. The molecule has 1 unspecified atom stereocenters. The Bertz CT molecular complexity index is 385. The number of rotatable bonds is 10. The van der Waals surface area contributed by atoms with E-state index in [-0.39, 0.29) is 0 Å². The summed E-state index contributed by atoms with van der Waals surface area (Å²) < 4.78 is 5.83. The lowest BCUT2D eigenvalue weighted by Gasteiger charge is -2.15. The molecule has 0 saturated heterocycles. The smallest absolute Gasteiger partial charge is 0.213 e. The quantitative estimate of drug-likeness (QED) is 0.693. The summed E-state index contributed by atoms with van der Waals surface area (Å²) in [5, 5.41) is 3.96. The van der Waals surface area contributed by atoms with Crippen LogP contribution in [-0.4, -0.2) is 18.1 Å². The molecule has 1 heterocycles. The minimum absolute atomic E-state index is 0.615. The molecule has 20 heavy (non-hydrogen) atoms. The van der Waals surface area contributed by atoms with Gasteiger partial charge in [0.2, 0.25) is 5.88 Å². The predicted octanol–water partition coefficient (Wildman–Crippen LogP) is 4.44. The summed E-state index contributed by atoms with van der Waals surface area (Å²) in [5.74, 6) is 1.29. The number of hydrogen-bond donors (Lipinski definition) is 1. The molecule has 4 heteroatoms. The SMILES string of the molecule is CCCCC(CC)COc1cc(CNCC)c(Cl)cn1. The molecule has 1 N–H and O–H groups in total. The van der Waals surface area contributed by atoms with Crippen molar-refractivity contribution in [3.63, 3.8) is 0 Å². The Morgan fingerprint density at radius 2 is 2.15 bits per heavy atom. The van der Waals surface area contributed by atoms with Gasteiger partial charge in [-0.1, -0.05) is 51.6 Å². The van der Waals surface area contributed by atoms with Crippen molar-refractivity contribution in [3.05, 3.63) is 22.8 Å². The second-order valence-electron chi connectivity index (χ2n) is 5.12. The minimum atomic E-state index is 0.615. The van der Waals surface area contributed by atoms with E-state index in [0.29, 0.717) is 16.8 Å². The first-order valence-corrected chi connectivity index (χ1v) is 8.06. The largest absolute Gasteiger partial charge is 0.477 e. The minimum Gasteiger partial charge on any atom is -0.477 e. The van der Waals surface area contributed by atoms with E-state index < -0.39 is 0 Å². The molecule has 0 amide bonds. The van der Waals surface area contributed by atoms with E-state index in [9.17, 15) is 0 Å². The summed E-state index contributed by atoms with van der Waals surface area (Å²) in [5.41, 5.74) is 1.04. The van der Waals surface area contributed by atoms with Gasteiger partial charge in [0, 0.05) is 18.8 Å². The predicted molar refractivity (Wildman–Crippen MR) is 85.4 cm³/mol. The van der Waals surface area contributed by atoms with E-state index in [0.717, 1.165) is 31.7 Å². The number of aromatic nitrogens is 1. The van der Waals surface area contributed by atoms with Crippen molar-refractivity contribution in [2.45, 2.75) is 53.0 Å². The number of ether oxygens (including phenoxy) is 1. The molecule has 0 fully saturated rings. The van der Waals surface area contributed by atoms with Crippen molar-refractivity contribution in [2.75, 3.05) is 13.2 Å². The third-order valence-corrected chi connectivity index (χ3v) is 3.83. The molecule has 0 aliphatic rings. The van der Waals surface area contributed by atoms with Gasteiger partial charge < -0.3 is 10.1 Å². The highest BCUT2D eigenvalue weighted by Gasteiger charge is 2.09. The van der Waals surface area contributed by atoms with Crippen LogP contribution in [0.5, 0.6) is 5.88 Å². The fourth-order valence-corrected chi connectivity index (χ4v) is 2.20. The molecule has 1 aromatic heterocycles. The fraction of sp³-hybridized carbons (Fsp3) is 0.688. The summed E-state index contributed by atoms with van der Waals surface area (Å²) in [4.78, 5) is 4.25. The van der Waals surface area contributed by atoms with Crippen molar-refractivity contribution < 1.29 is 4.74 Å². The number of nitrogens with zero attached hydrogens (tertiary/aromatic N) is 1. The third-order valence-electron chi connectivity index (χ3n) is 3.49. The number of nitrogens with one attached hydrogen (secondary N) is 1. The Hall–Kier alpha value is -0.800. The summed E-state index contributed by atoms with van der Waals surface area (Å²) in [6.07, 6.45) is 6.56. The lowest BCUT2D eigenvalue weighted by molar-refractivity contribution is 0.225. The molecular weight excluding hydrogens is 272 g/mol. The maximum Gasteiger partial charge on any atom is 0.213 e. The zero-order valence-corrected chi connectivity index (χ0v) is 13.7. The Kier molecular flexibility index (Phi) is 8.63. The number of unbranched alkanes of at least 4 members (excludes halogenated alkanes) is 1. The zero-order valence-electron chi connectivity index (χ0n) is 12.9. The van der Waals surface area contributed by atoms with E-state index in [1.54, 1.807) is 6.20 Å². The zero-order chi connectivity index (χ0) is 14.8. The second kappa shape index (κ2) is 10.0. The van der Waals surface area contributed by atoms with E-state index in [4.69, 9.17) is 16.3 Å². The Morgan fingerprint density at radius 3 is 2.80 bits per heavy atom. The molecule has 0 radical (unpaired) electrons. The average Bonchev–Trinajstić information content (AvgIpc) is 2.47. The van der Waals surface area contributed by atoms with Crippen molar-refractivity contribution in [3.8, 4) is 5.88 Å². The molecule has 0 aliphatic heterocycles. The van der Waals surface area contributed by atoms with Crippen LogP contribution in [0.3, 0.4) is 0 Å². The number of halogens is 1. The van der Waals surface area contributed by atoms with Crippen molar-refractivity contribution in [1.29, 1.82) is 0 Å². The Morgan fingerprint density at radius 1 is 1.35 bits per heavy atom. The summed E-state index contributed by atoms with van der Waals surface area (Å²) >= 11 is 6.13. The van der Waals surface area contributed by atoms with Crippen LogP contribution in [0.25, 0.3) is 0 Å². The molecule has 1 rings (SSSR count). The Labute approximate surface area is 128 Å². The monoisotopic (exact) mass is 298 g/mol. The van der Waals surface area contributed by atoms with Gasteiger partial charge in [0.1, 0.15) is 0 Å². The molecular formula is C16H27ClN2O. The van der Waals surface area contributed by atoms with Crippen LogP contribution in [0.15, 0.2) is 12.3 Å². The maximum absolute atomic E-state index is 6.13. The fourth-order valence-electron chi connectivity index (χ4n) is 2.03. The van der Waals surface area contributed by atoms with Crippen LogP contribution in [0.4, 0.5) is 0 Å². The highest BCUT2D eigenvalue weighted by atomic mass is 35.5. The van der Waals surface area contributed by atoms with Crippen LogP contribution >= 0.6 is 11.6 Å². The first kappa shape index (κ1) is 17.3. The lowest BCUT2D eigenvalue weighted by Crippen LogP contribution is -2.14. The molecule has 0 aromatic carbocycles. The normalized spacial score (nSPS) is 12.4. The van der Waals surface area contributed by atoms with Crippen LogP contribution < -0.4 is 10.1 Å². The van der Waals surface area contributed by atoms with Crippen LogP contribution in [0.2, 0.25) is 5.02 Å². The standard InChI is InChI=1S/C16H27ClN2O/c1-4-7-8-13(5-2)12-20-16-9-14(10-18-6-3)15(17)11-19-16/h9,11,13,18H,4-8,10,12H2,1-3H3. The van der Waals surface area contributed by atoms with Gasteiger partial charge in [-0.3, -0.25) is 0 Å². The van der Waals surface area contributed by atoms with Gasteiger partial charge in [-0.2, -0.15) is 0 Å². The second-order valence-corrected chi connectivity index (χ2v) is 5.53. The van der Waals surface area contributed by atoms with Crippen molar-refractivity contribution >= 4 is 11.6 Å². The Balaban J connectivity index is 2.54. The van der Waals surface area contributed by atoms with E-state index >= 15 is 0 Å². The topological polar surface area (TPSA) is 34.1 Å². The van der Waals surface area contributed by atoms with Crippen LogP contribution in [-0.2, 0) is 6.54 Å².